The van der Waals surface area contributed by atoms with E-state index >= 15 is 0 Å². The van der Waals surface area contributed by atoms with E-state index in [2.05, 4.69) is 5.32 Å². The van der Waals surface area contributed by atoms with E-state index in [1.165, 1.54) is 0 Å². The number of hydrogen-bond acceptors (Lipinski definition) is 3. The van der Waals surface area contributed by atoms with E-state index < -0.39 is 0 Å². The number of hydrogen-bond donors (Lipinski definition) is 1. The van der Waals surface area contributed by atoms with Crippen LogP contribution in [0.15, 0.2) is 54.6 Å². The molecular weight excluding hydrogens is 288 g/mol. The number of carbonyl (C=O) groups excluding carboxylic acids is 1. The number of nitrogens with one attached hydrogen (secondary N) is 1. The van der Waals surface area contributed by atoms with Gasteiger partial charge in [0.05, 0.1) is 6.04 Å². The second kappa shape index (κ2) is 7.29. The molecule has 0 radical (unpaired) electrons. The molecule has 1 saturated heterocycles. The van der Waals surface area contributed by atoms with Crippen molar-refractivity contribution in [1.82, 2.24) is 10.2 Å². The summed E-state index contributed by atoms with van der Waals surface area (Å²) in [5.74, 6) is 1.04. The van der Waals surface area contributed by atoms with Gasteiger partial charge in [-0.25, -0.2) is 0 Å². The zero-order chi connectivity index (χ0) is 16.1. The van der Waals surface area contributed by atoms with Crippen molar-refractivity contribution in [1.29, 1.82) is 0 Å². The smallest absolute Gasteiger partial charge is 0.239 e. The maximum atomic E-state index is 11.8. The minimum atomic E-state index is -0.0472. The Labute approximate surface area is 137 Å². The third-order valence-corrected chi connectivity index (χ3v) is 4.15. The molecule has 1 fully saturated rings. The first-order chi connectivity index (χ1) is 11.2. The molecule has 4 heteroatoms. The molecule has 0 aromatic heterocycles. The second-order valence-electron chi connectivity index (χ2n) is 5.90. The Bertz CT molecular complexity index is 640. The van der Waals surface area contributed by atoms with Crippen molar-refractivity contribution in [2.24, 2.45) is 0 Å². The van der Waals surface area contributed by atoms with Crippen molar-refractivity contribution in [3.63, 3.8) is 0 Å². The highest BCUT2D eigenvalue weighted by atomic mass is 16.5. The minimum absolute atomic E-state index is 0.0472. The number of ether oxygens (including phenoxy) is 1. The van der Waals surface area contributed by atoms with E-state index in [1.54, 1.807) is 4.90 Å². The molecule has 2 aromatic carbocycles. The maximum Gasteiger partial charge on any atom is 0.239 e. The average molecular weight is 310 g/mol. The van der Waals surface area contributed by atoms with Crippen molar-refractivity contribution in [3.8, 4) is 5.75 Å². The van der Waals surface area contributed by atoms with Crippen molar-refractivity contribution in [2.45, 2.75) is 25.6 Å². The van der Waals surface area contributed by atoms with Gasteiger partial charge in [0.25, 0.3) is 0 Å². The molecule has 1 amide bonds. The number of rotatable bonds is 6. The zero-order valence-corrected chi connectivity index (χ0v) is 13.4. The Balaban J connectivity index is 1.48. The lowest BCUT2D eigenvalue weighted by atomic mass is 10.2. The summed E-state index contributed by atoms with van der Waals surface area (Å²) in [5.41, 5.74) is 2.31. The minimum Gasteiger partial charge on any atom is -0.489 e. The highest BCUT2D eigenvalue weighted by Gasteiger charge is 2.28. The summed E-state index contributed by atoms with van der Waals surface area (Å²) in [6.07, 6.45) is 0.883. The van der Waals surface area contributed by atoms with Crippen LogP contribution in [-0.4, -0.2) is 30.4 Å². The van der Waals surface area contributed by atoms with Crippen LogP contribution in [0, 0.1) is 0 Å². The first-order valence-electron chi connectivity index (χ1n) is 7.96. The molecule has 1 aliphatic rings. The van der Waals surface area contributed by atoms with Crippen LogP contribution in [0.2, 0.25) is 0 Å². The molecule has 23 heavy (non-hydrogen) atoms. The van der Waals surface area contributed by atoms with Crippen molar-refractivity contribution in [3.05, 3.63) is 65.7 Å². The molecule has 0 spiro atoms. The molecule has 2 aromatic rings. The van der Waals surface area contributed by atoms with Crippen LogP contribution in [0.5, 0.6) is 5.75 Å². The SMILES string of the molecule is CN1CC[C@@H](NCc2ccc(OCc3ccccc3)cc2)C1=O. The van der Waals surface area contributed by atoms with Crippen LogP contribution in [0.4, 0.5) is 0 Å². The van der Waals surface area contributed by atoms with Gasteiger partial charge < -0.3 is 15.0 Å². The van der Waals surface area contributed by atoms with Gasteiger partial charge in [0.1, 0.15) is 12.4 Å². The van der Waals surface area contributed by atoms with Gasteiger partial charge in [-0.15, -0.1) is 0 Å². The molecular formula is C19H22N2O2. The summed E-state index contributed by atoms with van der Waals surface area (Å²) >= 11 is 0. The summed E-state index contributed by atoms with van der Waals surface area (Å²) in [6.45, 7) is 2.10. The standard InChI is InChI=1S/C19H22N2O2/c1-21-12-11-18(19(21)22)20-13-15-7-9-17(10-8-15)23-14-16-5-3-2-4-6-16/h2-10,18,20H,11-14H2,1H3/t18-/m1/s1. The summed E-state index contributed by atoms with van der Waals surface area (Å²) in [4.78, 5) is 13.6. The van der Waals surface area contributed by atoms with Gasteiger partial charge in [-0.1, -0.05) is 42.5 Å². The van der Waals surface area contributed by atoms with Gasteiger partial charge in [0.15, 0.2) is 0 Å². The predicted molar refractivity (Wildman–Crippen MR) is 90.1 cm³/mol. The molecule has 4 nitrogen and oxygen atoms in total. The van der Waals surface area contributed by atoms with E-state index in [-0.39, 0.29) is 11.9 Å². The number of benzene rings is 2. The van der Waals surface area contributed by atoms with E-state index in [1.807, 2.05) is 61.6 Å². The fraction of sp³-hybridized carbons (Fsp3) is 0.316. The Morgan fingerprint density at radius 2 is 1.83 bits per heavy atom. The van der Waals surface area contributed by atoms with Gasteiger partial charge in [-0.05, 0) is 29.7 Å². The monoisotopic (exact) mass is 310 g/mol. The van der Waals surface area contributed by atoms with Crippen LogP contribution in [0.25, 0.3) is 0 Å². The number of likely N-dealkylation sites (tertiary alicyclic amines) is 1. The highest BCUT2D eigenvalue weighted by molar-refractivity contribution is 5.83. The van der Waals surface area contributed by atoms with Crippen LogP contribution in [-0.2, 0) is 17.9 Å². The molecule has 1 aliphatic heterocycles. The Kier molecular flexibility index (Phi) is 4.93. The molecule has 3 rings (SSSR count). The first-order valence-corrected chi connectivity index (χ1v) is 7.96. The highest BCUT2D eigenvalue weighted by Crippen LogP contribution is 2.15. The van der Waals surface area contributed by atoms with Crippen LogP contribution >= 0.6 is 0 Å². The van der Waals surface area contributed by atoms with E-state index in [0.29, 0.717) is 13.2 Å². The Morgan fingerprint density at radius 1 is 1.09 bits per heavy atom. The number of nitrogens with zero attached hydrogens (tertiary/aromatic N) is 1. The molecule has 1 atom stereocenters. The van der Waals surface area contributed by atoms with E-state index in [9.17, 15) is 4.79 Å². The van der Waals surface area contributed by atoms with Crippen molar-refractivity contribution in [2.75, 3.05) is 13.6 Å². The topological polar surface area (TPSA) is 41.6 Å². The van der Waals surface area contributed by atoms with Crippen molar-refractivity contribution >= 4 is 5.91 Å². The lowest BCUT2D eigenvalue weighted by molar-refractivity contribution is -0.128. The summed E-state index contributed by atoms with van der Waals surface area (Å²) in [5, 5.41) is 3.32. The predicted octanol–water partition coefficient (Wildman–Crippen LogP) is 2.59. The summed E-state index contributed by atoms with van der Waals surface area (Å²) in [6, 6.07) is 18.1. The fourth-order valence-electron chi connectivity index (χ4n) is 2.70. The third kappa shape index (κ3) is 4.11. The Morgan fingerprint density at radius 3 is 2.48 bits per heavy atom. The van der Waals surface area contributed by atoms with Crippen LogP contribution < -0.4 is 10.1 Å². The van der Waals surface area contributed by atoms with Crippen LogP contribution in [0.1, 0.15) is 17.5 Å². The van der Waals surface area contributed by atoms with E-state index in [0.717, 1.165) is 29.8 Å². The number of amides is 1. The average Bonchev–Trinajstić information content (AvgIpc) is 2.92. The maximum absolute atomic E-state index is 11.8. The van der Waals surface area contributed by atoms with Gasteiger partial charge in [-0.2, -0.15) is 0 Å². The van der Waals surface area contributed by atoms with Gasteiger partial charge >= 0.3 is 0 Å². The number of carbonyl (C=O) groups is 1. The summed E-state index contributed by atoms with van der Waals surface area (Å²) < 4.78 is 5.77. The molecule has 1 N–H and O–H groups in total. The van der Waals surface area contributed by atoms with Crippen molar-refractivity contribution < 1.29 is 9.53 Å². The first kappa shape index (κ1) is 15.6. The lowest BCUT2D eigenvalue weighted by Crippen LogP contribution is -2.36. The molecule has 0 bridgehead atoms. The fourth-order valence-corrected chi connectivity index (χ4v) is 2.70. The lowest BCUT2D eigenvalue weighted by Gasteiger charge is -2.12. The van der Waals surface area contributed by atoms with E-state index in [4.69, 9.17) is 4.74 Å². The largest absolute Gasteiger partial charge is 0.489 e. The molecule has 120 valence electrons. The third-order valence-electron chi connectivity index (χ3n) is 4.15. The van der Waals surface area contributed by atoms with Gasteiger partial charge in [-0.3, -0.25) is 4.79 Å². The molecule has 0 unspecified atom stereocenters. The second-order valence-corrected chi connectivity index (χ2v) is 5.90. The molecule has 0 saturated carbocycles. The zero-order valence-electron chi connectivity index (χ0n) is 13.4. The Hall–Kier alpha value is -2.33. The molecule has 0 aliphatic carbocycles. The molecule has 1 heterocycles. The van der Waals surface area contributed by atoms with Gasteiger partial charge in [0, 0.05) is 20.1 Å². The quantitative estimate of drug-likeness (QED) is 0.891. The normalized spacial score (nSPS) is 17.5. The summed E-state index contributed by atoms with van der Waals surface area (Å²) in [7, 11) is 1.85. The number of likely N-dealkylation sites (N-methyl/N-ethyl adjacent to an activating group) is 1. The van der Waals surface area contributed by atoms with Gasteiger partial charge in [0.2, 0.25) is 5.91 Å². The van der Waals surface area contributed by atoms with Crippen LogP contribution in [0.3, 0.4) is 0 Å².